The summed E-state index contributed by atoms with van der Waals surface area (Å²) in [5.41, 5.74) is 6.18. The van der Waals surface area contributed by atoms with Gasteiger partial charge in [-0.3, -0.25) is 19.3 Å². The van der Waals surface area contributed by atoms with Gasteiger partial charge in [0.2, 0.25) is 17.7 Å². The van der Waals surface area contributed by atoms with E-state index in [1.54, 1.807) is 11.8 Å². The van der Waals surface area contributed by atoms with Crippen molar-refractivity contribution in [2.24, 2.45) is 0 Å². The molecule has 0 aromatic heterocycles. The molecule has 2 aliphatic rings. The first-order valence-corrected chi connectivity index (χ1v) is 19.1. The van der Waals surface area contributed by atoms with Crippen LogP contribution in [-0.2, 0) is 27.5 Å². The third-order valence-corrected chi connectivity index (χ3v) is 10.9. The molecule has 10 heteroatoms. The average molecular weight is 747 g/mol. The van der Waals surface area contributed by atoms with Crippen LogP contribution in [0.4, 0.5) is 11.4 Å². The van der Waals surface area contributed by atoms with E-state index in [1.807, 2.05) is 90.6 Å². The van der Waals surface area contributed by atoms with Gasteiger partial charge in [0.25, 0.3) is 0 Å². The van der Waals surface area contributed by atoms with Crippen LogP contribution in [0, 0.1) is 0 Å². The van der Waals surface area contributed by atoms with Gasteiger partial charge < -0.3 is 24.5 Å². The number of hydrogen-bond donors (Lipinski definition) is 0. The lowest BCUT2D eigenvalue weighted by Gasteiger charge is -2.42. The summed E-state index contributed by atoms with van der Waals surface area (Å²) in [6, 6.07) is 33.5. The zero-order valence-corrected chi connectivity index (χ0v) is 32.4. The van der Waals surface area contributed by atoms with Crippen LogP contribution < -0.4 is 9.80 Å². The molecule has 0 unspecified atom stereocenters. The fraction of sp³-hybridized carbons (Fsp3) is 0.341. The molecule has 0 saturated carbocycles. The van der Waals surface area contributed by atoms with E-state index in [-0.39, 0.29) is 24.3 Å². The Balaban J connectivity index is 1.29. The first-order chi connectivity index (χ1) is 26.1. The average Bonchev–Trinajstić information content (AvgIpc) is 3.20. The molecule has 4 aromatic rings. The van der Waals surface area contributed by atoms with Gasteiger partial charge >= 0.3 is 0 Å². The number of amides is 3. The second-order valence-corrected chi connectivity index (χ2v) is 14.8. The van der Waals surface area contributed by atoms with Crippen molar-refractivity contribution in [2.45, 2.75) is 32.0 Å². The molecule has 4 aromatic carbocycles. The van der Waals surface area contributed by atoms with Gasteiger partial charge in [-0.2, -0.15) is 0 Å². The number of anilines is 2. The molecule has 2 aliphatic heterocycles. The second kappa shape index (κ2) is 17.8. The number of carbonyl (C=O) groups is 3. The highest BCUT2D eigenvalue weighted by Crippen LogP contribution is 2.35. The molecule has 9 nitrogen and oxygen atoms in total. The molecule has 2 atom stereocenters. The van der Waals surface area contributed by atoms with E-state index in [0.717, 1.165) is 60.8 Å². The minimum Gasteiger partial charge on any atom is -0.378 e. The lowest BCUT2D eigenvalue weighted by Crippen LogP contribution is -2.57. The van der Waals surface area contributed by atoms with Gasteiger partial charge in [0, 0.05) is 109 Å². The van der Waals surface area contributed by atoms with E-state index in [4.69, 9.17) is 11.6 Å². The molecule has 0 bridgehead atoms. The third-order valence-electron chi connectivity index (χ3n) is 10.7. The molecule has 0 spiro atoms. The molecule has 2 fully saturated rings. The van der Waals surface area contributed by atoms with Crippen molar-refractivity contribution < 1.29 is 14.4 Å². The third kappa shape index (κ3) is 9.32. The minimum absolute atomic E-state index is 0.0936. The molecule has 2 saturated heterocycles. The first kappa shape index (κ1) is 38.6. The summed E-state index contributed by atoms with van der Waals surface area (Å²) in [4.78, 5) is 53.3. The number of rotatable bonds is 12. The second-order valence-electron chi connectivity index (χ2n) is 14.4. The molecule has 0 aliphatic carbocycles. The minimum atomic E-state index is -0.858. The van der Waals surface area contributed by atoms with E-state index in [1.165, 1.54) is 11.6 Å². The van der Waals surface area contributed by atoms with Gasteiger partial charge in [0.15, 0.2) is 0 Å². The normalized spacial score (nSPS) is 16.0. The molecule has 0 radical (unpaired) electrons. The number of nitrogens with zero attached hydrogens (tertiary/aromatic N) is 6. The highest BCUT2D eigenvalue weighted by molar-refractivity contribution is 6.30. The molecular formula is C44H51ClN6O3. The highest BCUT2D eigenvalue weighted by atomic mass is 35.5. The van der Waals surface area contributed by atoms with Crippen LogP contribution in [0.3, 0.4) is 0 Å². The summed E-state index contributed by atoms with van der Waals surface area (Å²) in [6.45, 7) is 12.0. The molecule has 6 rings (SSSR count). The Morgan fingerprint density at radius 1 is 0.722 bits per heavy atom. The standard InChI is InChI=1S/C44H51ClN6O3/c1-5-41(53)51(32-35-13-21-40(22-14-35)49-29-27-48(28-30-49)33(2)52)43(42(36-9-7-6-8-10-36)37-15-17-38(45)18-16-37)44(54)50-25-23-47(24-26-50)31-34-11-19-39(20-12-34)46(3)4/h5-22,42-43H,1,23-32H2,2-4H3/t42-,43-/m0/s1. The maximum absolute atomic E-state index is 15.1. The predicted octanol–water partition coefficient (Wildman–Crippen LogP) is 6.13. The molecule has 54 heavy (non-hydrogen) atoms. The molecule has 3 amide bonds. The SMILES string of the molecule is C=CC(=O)N(Cc1ccc(N2CCN(C(C)=O)CC2)cc1)[C@H](C(=O)N1CCN(Cc2ccc(N(C)C)cc2)CC1)[C@@H](c1ccccc1)c1ccc(Cl)cc1. The van der Waals surface area contributed by atoms with Crippen molar-refractivity contribution in [3.05, 3.63) is 143 Å². The van der Waals surface area contributed by atoms with Crippen LogP contribution in [-0.4, -0.2) is 110 Å². The van der Waals surface area contributed by atoms with E-state index in [0.29, 0.717) is 31.2 Å². The first-order valence-electron chi connectivity index (χ1n) is 18.7. The van der Waals surface area contributed by atoms with Gasteiger partial charge in [-0.05, 0) is 64.7 Å². The van der Waals surface area contributed by atoms with Crippen LogP contribution >= 0.6 is 11.6 Å². The molecule has 282 valence electrons. The summed E-state index contributed by atoms with van der Waals surface area (Å²) >= 11 is 6.37. The lowest BCUT2D eigenvalue weighted by molar-refractivity contribution is -0.146. The number of hydrogen-bond acceptors (Lipinski definition) is 6. The molecule has 0 N–H and O–H groups in total. The quantitative estimate of drug-likeness (QED) is 0.163. The maximum atomic E-state index is 15.1. The van der Waals surface area contributed by atoms with Gasteiger partial charge in [-0.1, -0.05) is 84.9 Å². The smallest absolute Gasteiger partial charge is 0.246 e. The maximum Gasteiger partial charge on any atom is 0.246 e. The van der Waals surface area contributed by atoms with Crippen molar-refractivity contribution in [3.63, 3.8) is 0 Å². The van der Waals surface area contributed by atoms with Gasteiger partial charge in [0.1, 0.15) is 6.04 Å². The summed E-state index contributed by atoms with van der Waals surface area (Å²) in [5.74, 6) is -0.775. The van der Waals surface area contributed by atoms with Crippen LogP contribution in [0.5, 0.6) is 0 Å². The Morgan fingerprint density at radius 2 is 1.30 bits per heavy atom. The summed E-state index contributed by atoms with van der Waals surface area (Å²) < 4.78 is 0. The zero-order valence-electron chi connectivity index (χ0n) is 31.6. The van der Waals surface area contributed by atoms with Crippen molar-refractivity contribution >= 4 is 40.7 Å². The Labute approximate surface area is 325 Å². The Bertz CT molecular complexity index is 1870. The Hall–Kier alpha value is -5.12. The van der Waals surface area contributed by atoms with Crippen molar-refractivity contribution in [3.8, 4) is 0 Å². The van der Waals surface area contributed by atoms with Crippen LogP contribution in [0.25, 0.3) is 0 Å². The monoisotopic (exact) mass is 746 g/mol. The van der Waals surface area contributed by atoms with Gasteiger partial charge in [-0.25, -0.2) is 0 Å². The number of piperazine rings is 2. The Kier molecular flexibility index (Phi) is 12.7. The Morgan fingerprint density at radius 3 is 1.87 bits per heavy atom. The van der Waals surface area contributed by atoms with Crippen molar-refractivity contribution in [1.82, 2.24) is 19.6 Å². The molecule has 2 heterocycles. The fourth-order valence-corrected chi connectivity index (χ4v) is 7.66. The van der Waals surface area contributed by atoms with Crippen molar-refractivity contribution in [2.75, 3.05) is 76.3 Å². The highest BCUT2D eigenvalue weighted by Gasteiger charge is 2.41. The fourth-order valence-electron chi connectivity index (χ4n) is 7.53. The summed E-state index contributed by atoms with van der Waals surface area (Å²) in [6.07, 6.45) is 1.31. The van der Waals surface area contributed by atoms with Crippen molar-refractivity contribution in [1.29, 1.82) is 0 Å². The summed E-state index contributed by atoms with van der Waals surface area (Å²) in [7, 11) is 4.07. The van der Waals surface area contributed by atoms with E-state index in [9.17, 15) is 9.59 Å². The summed E-state index contributed by atoms with van der Waals surface area (Å²) in [5, 5.41) is 0.600. The number of carbonyl (C=O) groups excluding carboxylic acids is 3. The van der Waals surface area contributed by atoms with Crippen LogP contribution in [0.15, 0.2) is 116 Å². The van der Waals surface area contributed by atoms with Gasteiger partial charge in [0.05, 0.1) is 0 Å². The number of benzene rings is 4. The number of halogens is 1. The largest absolute Gasteiger partial charge is 0.378 e. The van der Waals surface area contributed by atoms with Gasteiger partial charge in [-0.15, -0.1) is 0 Å². The predicted molar refractivity (Wildman–Crippen MR) is 218 cm³/mol. The van der Waals surface area contributed by atoms with E-state index in [2.05, 4.69) is 57.7 Å². The zero-order chi connectivity index (χ0) is 38.2. The topological polar surface area (TPSA) is 70.6 Å². The van der Waals surface area contributed by atoms with E-state index < -0.39 is 12.0 Å². The lowest BCUT2D eigenvalue weighted by atomic mass is 9.83. The van der Waals surface area contributed by atoms with Crippen LogP contribution in [0.2, 0.25) is 5.02 Å². The van der Waals surface area contributed by atoms with Crippen LogP contribution in [0.1, 0.15) is 35.1 Å². The van der Waals surface area contributed by atoms with E-state index >= 15 is 4.79 Å². The molecular weight excluding hydrogens is 696 g/mol.